The highest BCUT2D eigenvalue weighted by Gasteiger charge is 2.18. The van der Waals surface area contributed by atoms with E-state index < -0.39 is 12.1 Å². The van der Waals surface area contributed by atoms with Gasteiger partial charge < -0.3 is 23.7 Å². The van der Waals surface area contributed by atoms with Gasteiger partial charge in [-0.3, -0.25) is 4.98 Å². The molecule has 0 radical (unpaired) electrons. The van der Waals surface area contributed by atoms with E-state index in [-0.39, 0.29) is 19.8 Å². The Morgan fingerprint density at radius 3 is 2.41 bits per heavy atom. The van der Waals surface area contributed by atoms with Crippen molar-refractivity contribution in [2.24, 2.45) is 0 Å². The molecule has 0 aliphatic heterocycles. The van der Waals surface area contributed by atoms with Crippen LogP contribution in [0.3, 0.4) is 0 Å². The second kappa shape index (κ2) is 11.0. The standard InChI is InChI=1S/C21H25NO7/c1-5-26-20-15(3)22-10-16(11-27-19(23)13-25-4)18(20)12-28-21(24)29-17-8-6-14(2)7-9-17/h6-10H,5,11-13H2,1-4H3. The third-order valence-corrected chi connectivity index (χ3v) is 3.90. The van der Waals surface area contributed by atoms with Crippen molar-refractivity contribution in [2.75, 3.05) is 20.3 Å². The molecular weight excluding hydrogens is 378 g/mol. The predicted octanol–water partition coefficient (Wildman–Crippen LogP) is 3.50. The molecule has 0 unspecified atom stereocenters. The quantitative estimate of drug-likeness (QED) is 0.464. The van der Waals surface area contributed by atoms with Gasteiger partial charge in [0.15, 0.2) is 0 Å². The maximum absolute atomic E-state index is 12.1. The van der Waals surface area contributed by atoms with E-state index in [1.165, 1.54) is 7.11 Å². The molecule has 0 aliphatic carbocycles. The van der Waals surface area contributed by atoms with E-state index in [4.69, 9.17) is 23.7 Å². The summed E-state index contributed by atoms with van der Waals surface area (Å²) in [7, 11) is 1.40. The van der Waals surface area contributed by atoms with Crippen LogP contribution in [-0.4, -0.2) is 37.4 Å². The van der Waals surface area contributed by atoms with Gasteiger partial charge in [0.05, 0.1) is 12.3 Å². The number of aromatic nitrogens is 1. The number of aryl methyl sites for hydroxylation is 2. The molecule has 0 saturated heterocycles. The van der Waals surface area contributed by atoms with E-state index in [9.17, 15) is 9.59 Å². The highest BCUT2D eigenvalue weighted by Crippen LogP contribution is 2.27. The van der Waals surface area contributed by atoms with E-state index in [1.807, 2.05) is 26.0 Å². The first-order chi connectivity index (χ1) is 13.9. The molecule has 2 rings (SSSR count). The van der Waals surface area contributed by atoms with Crippen molar-refractivity contribution in [3.8, 4) is 11.5 Å². The zero-order chi connectivity index (χ0) is 21.2. The number of carbonyl (C=O) groups is 2. The first-order valence-corrected chi connectivity index (χ1v) is 9.10. The molecule has 0 spiro atoms. The Morgan fingerprint density at radius 2 is 1.76 bits per heavy atom. The van der Waals surface area contributed by atoms with Crippen LogP contribution < -0.4 is 9.47 Å². The molecule has 2 aromatic rings. The molecule has 156 valence electrons. The minimum absolute atomic E-state index is 0.0543. The molecule has 0 fully saturated rings. The fraction of sp³-hybridized carbons (Fsp3) is 0.381. The maximum atomic E-state index is 12.1. The van der Waals surface area contributed by atoms with E-state index in [0.29, 0.717) is 34.9 Å². The van der Waals surface area contributed by atoms with Gasteiger partial charge in [-0.2, -0.15) is 0 Å². The molecule has 1 aromatic heterocycles. The third kappa shape index (κ3) is 6.76. The average molecular weight is 403 g/mol. The molecule has 0 atom stereocenters. The summed E-state index contributed by atoms with van der Waals surface area (Å²) in [6.07, 6.45) is 0.704. The number of rotatable bonds is 9. The molecule has 8 nitrogen and oxygen atoms in total. The lowest BCUT2D eigenvalue weighted by molar-refractivity contribution is -0.149. The fourth-order valence-corrected chi connectivity index (χ4v) is 2.47. The van der Waals surface area contributed by atoms with Crippen LogP contribution in [0.25, 0.3) is 0 Å². The first kappa shape index (κ1) is 22.2. The van der Waals surface area contributed by atoms with Crippen molar-refractivity contribution >= 4 is 12.1 Å². The third-order valence-electron chi connectivity index (χ3n) is 3.90. The number of esters is 1. The maximum Gasteiger partial charge on any atom is 0.514 e. The molecule has 0 aliphatic rings. The van der Waals surface area contributed by atoms with Gasteiger partial charge in [-0.15, -0.1) is 0 Å². The van der Waals surface area contributed by atoms with Crippen molar-refractivity contribution in [1.82, 2.24) is 4.98 Å². The summed E-state index contributed by atoms with van der Waals surface area (Å²) in [5, 5.41) is 0. The largest absolute Gasteiger partial charge is 0.514 e. The summed E-state index contributed by atoms with van der Waals surface area (Å²) in [6, 6.07) is 7.02. The fourth-order valence-electron chi connectivity index (χ4n) is 2.47. The van der Waals surface area contributed by atoms with Gasteiger partial charge in [0.1, 0.15) is 31.3 Å². The molecule has 0 bridgehead atoms. The van der Waals surface area contributed by atoms with Gasteiger partial charge in [-0.25, -0.2) is 9.59 Å². The normalized spacial score (nSPS) is 10.3. The number of hydrogen-bond donors (Lipinski definition) is 0. The van der Waals surface area contributed by atoms with Crippen LogP contribution in [0.15, 0.2) is 30.5 Å². The number of hydrogen-bond acceptors (Lipinski definition) is 8. The number of methoxy groups -OCH3 is 1. The average Bonchev–Trinajstić information content (AvgIpc) is 2.69. The summed E-state index contributed by atoms with van der Waals surface area (Å²) in [4.78, 5) is 27.9. The minimum Gasteiger partial charge on any atom is -0.492 e. The van der Waals surface area contributed by atoms with Gasteiger partial charge in [0.2, 0.25) is 0 Å². The zero-order valence-corrected chi connectivity index (χ0v) is 17.0. The Labute approximate surface area is 169 Å². The van der Waals surface area contributed by atoms with E-state index in [2.05, 4.69) is 4.98 Å². The van der Waals surface area contributed by atoms with Crippen LogP contribution in [0.5, 0.6) is 11.5 Å². The minimum atomic E-state index is -0.854. The van der Waals surface area contributed by atoms with E-state index in [0.717, 1.165) is 5.56 Å². The lowest BCUT2D eigenvalue weighted by Crippen LogP contribution is -2.15. The van der Waals surface area contributed by atoms with Crippen LogP contribution >= 0.6 is 0 Å². The van der Waals surface area contributed by atoms with Gasteiger partial charge in [-0.05, 0) is 32.9 Å². The number of nitrogens with zero attached hydrogens (tertiary/aromatic N) is 1. The number of ether oxygens (including phenoxy) is 5. The number of carbonyl (C=O) groups excluding carboxylic acids is 2. The molecular formula is C21H25NO7. The van der Waals surface area contributed by atoms with Gasteiger partial charge in [-0.1, -0.05) is 17.7 Å². The summed E-state index contributed by atoms with van der Waals surface area (Å²) >= 11 is 0. The monoisotopic (exact) mass is 403 g/mol. The van der Waals surface area contributed by atoms with Crippen molar-refractivity contribution < 1.29 is 33.3 Å². The van der Waals surface area contributed by atoms with E-state index >= 15 is 0 Å². The Kier molecular flexibility index (Phi) is 8.42. The summed E-state index contributed by atoms with van der Waals surface area (Å²) in [5.41, 5.74) is 2.80. The van der Waals surface area contributed by atoms with Crippen LogP contribution in [0.4, 0.5) is 4.79 Å². The smallest absolute Gasteiger partial charge is 0.492 e. The lowest BCUT2D eigenvalue weighted by atomic mass is 10.1. The summed E-state index contributed by atoms with van der Waals surface area (Å²) in [5.74, 6) is 0.345. The Balaban J connectivity index is 2.12. The summed E-state index contributed by atoms with van der Waals surface area (Å²) in [6.45, 7) is 5.61. The molecule has 0 saturated carbocycles. The number of benzene rings is 1. The Hall–Kier alpha value is -3.13. The Bertz CT molecular complexity index is 834. The van der Waals surface area contributed by atoms with Gasteiger partial charge in [0.25, 0.3) is 0 Å². The topological polar surface area (TPSA) is 93.2 Å². The van der Waals surface area contributed by atoms with Crippen LogP contribution in [0.1, 0.15) is 29.3 Å². The molecule has 0 amide bonds. The van der Waals surface area contributed by atoms with Gasteiger partial charge in [0, 0.05) is 24.4 Å². The predicted molar refractivity (Wildman–Crippen MR) is 104 cm³/mol. The SMILES string of the molecule is CCOc1c(C)ncc(COC(=O)COC)c1COC(=O)Oc1ccc(C)cc1. The highest BCUT2D eigenvalue weighted by atomic mass is 16.7. The molecule has 29 heavy (non-hydrogen) atoms. The van der Waals surface area contributed by atoms with Crippen LogP contribution in [0.2, 0.25) is 0 Å². The molecule has 8 heteroatoms. The summed E-state index contributed by atoms with van der Waals surface area (Å²) < 4.78 is 26.0. The molecule has 1 aromatic carbocycles. The van der Waals surface area contributed by atoms with Gasteiger partial charge >= 0.3 is 12.1 Å². The molecule has 1 heterocycles. The highest BCUT2D eigenvalue weighted by molar-refractivity contribution is 5.70. The van der Waals surface area contributed by atoms with Crippen LogP contribution in [-0.2, 0) is 32.2 Å². The first-order valence-electron chi connectivity index (χ1n) is 9.10. The lowest BCUT2D eigenvalue weighted by Gasteiger charge is -2.17. The second-order valence-corrected chi connectivity index (χ2v) is 6.16. The zero-order valence-electron chi connectivity index (χ0n) is 17.0. The second-order valence-electron chi connectivity index (χ2n) is 6.16. The Morgan fingerprint density at radius 1 is 1.03 bits per heavy atom. The molecule has 0 N–H and O–H groups in total. The van der Waals surface area contributed by atoms with Crippen molar-refractivity contribution in [3.05, 3.63) is 52.8 Å². The van der Waals surface area contributed by atoms with E-state index in [1.54, 1.807) is 25.3 Å². The van der Waals surface area contributed by atoms with Crippen molar-refractivity contribution in [2.45, 2.75) is 34.0 Å². The van der Waals surface area contributed by atoms with Crippen molar-refractivity contribution in [3.63, 3.8) is 0 Å². The van der Waals surface area contributed by atoms with Crippen LogP contribution in [0, 0.1) is 13.8 Å². The number of pyridine rings is 1. The van der Waals surface area contributed by atoms with Crippen molar-refractivity contribution in [1.29, 1.82) is 0 Å².